The standard InChI is InChI=1S/C12H17F3N2O3/c13-12(14,15)7-16(3-4-18)11(20)8-5-10(19)17(6-8)9-1-2-9/h8-9,18H,1-7H2. The lowest BCUT2D eigenvalue weighted by Crippen LogP contribution is -2.44. The van der Waals surface area contributed by atoms with Crippen LogP contribution in [0.4, 0.5) is 13.2 Å². The van der Waals surface area contributed by atoms with Crippen LogP contribution >= 0.6 is 0 Å². The maximum Gasteiger partial charge on any atom is 0.406 e. The molecule has 5 nitrogen and oxygen atoms in total. The number of carbonyl (C=O) groups is 2. The summed E-state index contributed by atoms with van der Waals surface area (Å²) in [7, 11) is 0. The van der Waals surface area contributed by atoms with E-state index in [1.54, 1.807) is 4.90 Å². The summed E-state index contributed by atoms with van der Waals surface area (Å²) in [6.45, 7) is -2.09. The summed E-state index contributed by atoms with van der Waals surface area (Å²) in [6, 6.07) is 0.161. The highest BCUT2D eigenvalue weighted by molar-refractivity contribution is 5.89. The van der Waals surface area contributed by atoms with E-state index < -0.39 is 31.2 Å². The Bertz CT molecular complexity index is 396. The monoisotopic (exact) mass is 294 g/mol. The predicted molar refractivity (Wildman–Crippen MR) is 62.6 cm³/mol. The molecule has 1 atom stereocenters. The minimum absolute atomic E-state index is 0.0326. The minimum atomic E-state index is -4.51. The molecule has 1 aliphatic carbocycles. The fourth-order valence-electron chi connectivity index (χ4n) is 2.50. The van der Waals surface area contributed by atoms with Crippen molar-refractivity contribution in [1.29, 1.82) is 0 Å². The Labute approximate surface area is 114 Å². The van der Waals surface area contributed by atoms with Gasteiger partial charge in [-0.15, -0.1) is 0 Å². The highest BCUT2D eigenvalue weighted by Gasteiger charge is 2.44. The molecule has 20 heavy (non-hydrogen) atoms. The van der Waals surface area contributed by atoms with Crippen molar-refractivity contribution in [1.82, 2.24) is 9.80 Å². The van der Waals surface area contributed by atoms with E-state index in [9.17, 15) is 22.8 Å². The van der Waals surface area contributed by atoms with Crippen LogP contribution in [0.5, 0.6) is 0 Å². The van der Waals surface area contributed by atoms with Gasteiger partial charge in [0, 0.05) is 25.6 Å². The van der Waals surface area contributed by atoms with Gasteiger partial charge in [0.25, 0.3) is 0 Å². The van der Waals surface area contributed by atoms with Gasteiger partial charge in [0.1, 0.15) is 6.54 Å². The number of likely N-dealkylation sites (tertiary alicyclic amines) is 1. The molecule has 2 rings (SSSR count). The van der Waals surface area contributed by atoms with Crippen LogP contribution in [0.25, 0.3) is 0 Å². The second-order valence-corrected chi connectivity index (χ2v) is 5.28. The van der Waals surface area contributed by atoms with Gasteiger partial charge in [-0.3, -0.25) is 9.59 Å². The summed E-state index contributed by atoms with van der Waals surface area (Å²) in [5.41, 5.74) is 0. The van der Waals surface area contributed by atoms with Gasteiger partial charge in [0.2, 0.25) is 11.8 Å². The fraction of sp³-hybridized carbons (Fsp3) is 0.833. The third-order valence-electron chi connectivity index (χ3n) is 3.55. The quantitative estimate of drug-likeness (QED) is 0.797. The summed E-state index contributed by atoms with van der Waals surface area (Å²) >= 11 is 0. The fourth-order valence-corrected chi connectivity index (χ4v) is 2.50. The van der Waals surface area contributed by atoms with Crippen molar-refractivity contribution in [3.05, 3.63) is 0 Å². The van der Waals surface area contributed by atoms with Gasteiger partial charge in [0.15, 0.2) is 0 Å². The van der Waals surface area contributed by atoms with E-state index in [0.29, 0.717) is 4.90 Å². The average Bonchev–Trinajstić information content (AvgIpc) is 3.10. The summed E-state index contributed by atoms with van der Waals surface area (Å²) in [4.78, 5) is 26.0. The first kappa shape index (κ1) is 15.1. The number of hydrogen-bond donors (Lipinski definition) is 1. The molecule has 2 aliphatic rings. The highest BCUT2D eigenvalue weighted by atomic mass is 19.4. The number of nitrogens with zero attached hydrogens (tertiary/aromatic N) is 2. The summed E-state index contributed by atoms with van der Waals surface area (Å²) in [5.74, 6) is -1.59. The predicted octanol–water partition coefficient (Wildman–Crippen LogP) is 0.381. The first-order valence-corrected chi connectivity index (χ1v) is 6.57. The summed E-state index contributed by atoms with van der Waals surface area (Å²) in [6.07, 6.45) is -2.75. The highest BCUT2D eigenvalue weighted by Crippen LogP contribution is 2.33. The molecule has 1 aliphatic heterocycles. The van der Waals surface area contributed by atoms with Crippen molar-refractivity contribution in [2.24, 2.45) is 5.92 Å². The molecule has 2 fully saturated rings. The van der Waals surface area contributed by atoms with Crippen molar-refractivity contribution in [3.63, 3.8) is 0 Å². The molecule has 8 heteroatoms. The van der Waals surface area contributed by atoms with E-state index >= 15 is 0 Å². The normalized spacial score (nSPS) is 23.3. The maximum atomic E-state index is 12.4. The van der Waals surface area contributed by atoms with E-state index in [4.69, 9.17) is 5.11 Å². The maximum absolute atomic E-state index is 12.4. The van der Waals surface area contributed by atoms with Crippen molar-refractivity contribution < 1.29 is 27.9 Å². The molecule has 1 saturated carbocycles. The summed E-state index contributed by atoms with van der Waals surface area (Å²) < 4.78 is 37.2. The van der Waals surface area contributed by atoms with Crippen LogP contribution < -0.4 is 0 Å². The van der Waals surface area contributed by atoms with Crippen LogP contribution in [0.2, 0.25) is 0 Å². The van der Waals surface area contributed by atoms with Crippen molar-refractivity contribution in [2.45, 2.75) is 31.5 Å². The molecule has 2 amide bonds. The zero-order valence-corrected chi connectivity index (χ0v) is 10.9. The van der Waals surface area contributed by atoms with Crippen LogP contribution in [-0.2, 0) is 9.59 Å². The Balaban J connectivity index is 1.98. The molecule has 1 heterocycles. The Morgan fingerprint density at radius 3 is 2.55 bits per heavy atom. The van der Waals surface area contributed by atoms with Crippen LogP contribution in [0.3, 0.4) is 0 Å². The number of amides is 2. The van der Waals surface area contributed by atoms with E-state index in [-0.39, 0.29) is 31.5 Å². The minimum Gasteiger partial charge on any atom is -0.395 e. The number of halogens is 3. The summed E-state index contributed by atoms with van der Waals surface area (Å²) in [5, 5.41) is 8.79. The van der Waals surface area contributed by atoms with Crippen LogP contribution in [0.1, 0.15) is 19.3 Å². The van der Waals surface area contributed by atoms with Crippen LogP contribution in [-0.4, -0.2) is 65.2 Å². The lowest BCUT2D eigenvalue weighted by atomic mass is 10.1. The zero-order valence-electron chi connectivity index (χ0n) is 10.9. The third-order valence-corrected chi connectivity index (χ3v) is 3.55. The smallest absolute Gasteiger partial charge is 0.395 e. The molecular weight excluding hydrogens is 277 g/mol. The van der Waals surface area contributed by atoms with Gasteiger partial charge in [0.05, 0.1) is 12.5 Å². The Hall–Kier alpha value is -1.31. The Kier molecular flexibility index (Phi) is 4.22. The second kappa shape index (κ2) is 5.59. The molecule has 1 unspecified atom stereocenters. The molecule has 114 valence electrons. The Morgan fingerprint density at radius 2 is 2.05 bits per heavy atom. The topological polar surface area (TPSA) is 60.9 Å². The zero-order chi connectivity index (χ0) is 14.9. The SMILES string of the molecule is O=C(C1CC(=O)N(C2CC2)C1)N(CCO)CC(F)(F)F. The van der Waals surface area contributed by atoms with Gasteiger partial charge in [-0.05, 0) is 12.8 Å². The number of rotatable bonds is 5. The van der Waals surface area contributed by atoms with Gasteiger partial charge in [-0.2, -0.15) is 13.2 Å². The van der Waals surface area contributed by atoms with Crippen molar-refractivity contribution >= 4 is 11.8 Å². The van der Waals surface area contributed by atoms with Gasteiger partial charge < -0.3 is 14.9 Å². The largest absolute Gasteiger partial charge is 0.406 e. The van der Waals surface area contributed by atoms with Gasteiger partial charge in [-0.25, -0.2) is 0 Å². The first-order valence-electron chi connectivity index (χ1n) is 6.57. The number of hydrogen-bond acceptors (Lipinski definition) is 3. The lowest BCUT2D eigenvalue weighted by Gasteiger charge is -2.25. The van der Waals surface area contributed by atoms with Crippen molar-refractivity contribution in [3.8, 4) is 0 Å². The van der Waals surface area contributed by atoms with Crippen LogP contribution in [0, 0.1) is 5.92 Å². The molecular formula is C12H17F3N2O3. The molecule has 0 aromatic carbocycles. The van der Waals surface area contributed by atoms with Crippen LogP contribution in [0.15, 0.2) is 0 Å². The van der Waals surface area contributed by atoms with Crippen molar-refractivity contribution in [2.75, 3.05) is 26.2 Å². The number of aliphatic hydroxyl groups is 1. The molecule has 0 bridgehead atoms. The van der Waals surface area contributed by atoms with E-state index in [0.717, 1.165) is 12.8 Å². The number of carbonyl (C=O) groups excluding carboxylic acids is 2. The molecule has 0 aromatic rings. The second-order valence-electron chi connectivity index (χ2n) is 5.28. The van der Waals surface area contributed by atoms with E-state index in [1.165, 1.54) is 0 Å². The third kappa shape index (κ3) is 3.62. The van der Waals surface area contributed by atoms with E-state index in [1.807, 2.05) is 0 Å². The molecule has 0 radical (unpaired) electrons. The number of alkyl halides is 3. The molecule has 1 N–H and O–H groups in total. The Morgan fingerprint density at radius 1 is 1.40 bits per heavy atom. The molecule has 0 spiro atoms. The number of aliphatic hydroxyl groups excluding tert-OH is 1. The lowest BCUT2D eigenvalue weighted by molar-refractivity contribution is -0.164. The molecule has 0 aromatic heterocycles. The first-order chi connectivity index (χ1) is 9.31. The van der Waals surface area contributed by atoms with Gasteiger partial charge in [-0.1, -0.05) is 0 Å². The van der Waals surface area contributed by atoms with E-state index in [2.05, 4.69) is 0 Å². The molecule has 1 saturated heterocycles. The van der Waals surface area contributed by atoms with Gasteiger partial charge >= 0.3 is 6.18 Å². The average molecular weight is 294 g/mol.